The van der Waals surface area contributed by atoms with Crippen molar-refractivity contribution in [3.63, 3.8) is 0 Å². The quantitative estimate of drug-likeness (QED) is 0.120. The average molecular weight is 729 g/mol. The third kappa shape index (κ3) is 6.73. The summed E-state index contributed by atoms with van der Waals surface area (Å²) in [5.74, 6) is 0.255. The molecule has 4 unspecified atom stereocenters. The van der Waals surface area contributed by atoms with Gasteiger partial charge in [-0.25, -0.2) is 0 Å². The van der Waals surface area contributed by atoms with E-state index in [1.165, 1.54) is 39.1 Å². The first-order valence-electron chi connectivity index (χ1n) is 19.8. The van der Waals surface area contributed by atoms with E-state index in [2.05, 4.69) is 224 Å². The van der Waals surface area contributed by atoms with Crippen molar-refractivity contribution >= 4 is 39.8 Å². The van der Waals surface area contributed by atoms with Crippen molar-refractivity contribution in [2.75, 3.05) is 21.3 Å². The van der Waals surface area contributed by atoms with Gasteiger partial charge in [-0.1, -0.05) is 135 Å². The van der Waals surface area contributed by atoms with Gasteiger partial charge in [-0.05, 0) is 113 Å². The van der Waals surface area contributed by atoms with Gasteiger partial charge in [0.1, 0.15) is 0 Å². The number of hydrogen-bond donors (Lipinski definition) is 4. The molecule has 0 bridgehead atoms. The van der Waals surface area contributed by atoms with Crippen LogP contribution in [0.2, 0.25) is 0 Å². The molecule has 0 amide bonds. The smallest absolute Gasteiger partial charge is 0.0430 e. The number of hydrogen-bond acceptors (Lipinski definition) is 4. The van der Waals surface area contributed by atoms with Gasteiger partial charge in [-0.3, -0.25) is 0 Å². The molecular weight excluding hydrogens is 681 g/mol. The summed E-state index contributed by atoms with van der Waals surface area (Å²) in [5.41, 5.74) is 14.9. The van der Waals surface area contributed by atoms with Crippen LogP contribution < -0.4 is 21.3 Å². The Morgan fingerprint density at radius 2 is 1.09 bits per heavy atom. The van der Waals surface area contributed by atoms with Crippen molar-refractivity contribution in [2.45, 2.75) is 50.0 Å². The van der Waals surface area contributed by atoms with E-state index in [1.807, 2.05) is 6.07 Å². The van der Waals surface area contributed by atoms with Gasteiger partial charge in [0.05, 0.1) is 0 Å². The molecule has 2 aliphatic rings. The standard InChI is InChI=1S/C52H48N4/c1-36(49-34-51(2,39-20-10-5-11-21-39)45-32-43(27-29-47(45)55-49)53-41-24-14-7-15-25-41)38-19-16-26-42(31-38)54-44-28-30-48-46(33-44)52(3,40-22-12-6-13-23-40)35-50(56-48)37-17-8-4-9-18-37/h4-33,35-36,49,53-56H,34H2,1-3H3. The van der Waals surface area contributed by atoms with Crippen molar-refractivity contribution in [1.29, 1.82) is 0 Å². The highest BCUT2D eigenvalue weighted by Crippen LogP contribution is 2.48. The van der Waals surface area contributed by atoms with Crippen molar-refractivity contribution < 1.29 is 0 Å². The molecule has 0 spiro atoms. The molecule has 0 aromatic heterocycles. The predicted molar refractivity (Wildman–Crippen MR) is 237 cm³/mol. The predicted octanol–water partition coefficient (Wildman–Crippen LogP) is 13.2. The van der Waals surface area contributed by atoms with Gasteiger partial charge in [-0.15, -0.1) is 0 Å². The highest BCUT2D eigenvalue weighted by atomic mass is 15.0. The fourth-order valence-electron chi connectivity index (χ4n) is 8.88. The van der Waals surface area contributed by atoms with Gasteiger partial charge < -0.3 is 21.3 Å². The van der Waals surface area contributed by atoms with Crippen LogP contribution in [0.4, 0.5) is 34.1 Å². The summed E-state index contributed by atoms with van der Waals surface area (Å²) in [4.78, 5) is 0. The number of benzene rings is 7. The fourth-order valence-corrected chi connectivity index (χ4v) is 8.88. The Kier molecular flexibility index (Phi) is 9.19. The topological polar surface area (TPSA) is 48.1 Å². The summed E-state index contributed by atoms with van der Waals surface area (Å²) in [5, 5.41) is 15.2. The van der Waals surface area contributed by atoms with E-state index in [0.29, 0.717) is 0 Å². The lowest BCUT2D eigenvalue weighted by Gasteiger charge is -2.44. The molecule has 4 atom stereocenters. The third-order valence-electron chi connectivity index (χ3n) is 12.1. The van der Waals surface area contributed by atoms with Crippen molar-refractivity contribution in [3.8, 4) is 0 Å². The second kappa shape index (κ2) is 14.6. The Balaban J connectivity index is 1.00. The Morgan fingerprint density at radius 1 is 0.536 bits per heavy atom. The number of nitrogens with one attached hydrogen (secondary N) is 4. The zero-order valence-corrected chi connectivity index (χ0v) is 32.3. The van der Waals surface area contributed by atoms with E-state index in [9.17, 15) is 0 Å². The second-order valence-electron chi connectivity index (χ2n) is 15.8. The van der Waals surface area contributed by atoms with Gasteiger partial charge in [-0.2, -0.15) is 0 Å². The maximum Gasteiger partial charge on any atom is 0.0430 e. The summed E-state index contributed by atoms with van der Waals surface area (Å²) < 4.78 is 0. The van der Waals surface area contributed by atoms with Gasteiger partial charge in [0.25, 0.3) is 0 Å². The minimum atomic E-state index is -0.326. The largest absolute Gasteiger partial charge is 0.381 e. The maximum atomic E-state index is 3.99. The van der Waals surface area contributed by atoms with Crippen molar-refractivity contribution in [2.24, 2.45) is 0 Å². The highest BCUT2D eigenvalue weighted by molar-refractivity contribution is 5.86. The Hall–Kier alpha value is -6.52. The van der Waals surface area contributed by atoms with Gasteiger partial charge in [0, 0.05) is 62.6 Å². The number of rotatable bonds is 9. The number of fused-ring (bicyclic) bond motifs is 2. The first kappa shape index (κ1) is 35.2. The molecule has 0 radical (unpaired) electrons. The van der Waals surface area contributed by atoms with Crippen LogP contribution in [0.15, 0.2) is 188 Å². The lowest BCUT2D eigenvalue weighted by Crippen LogP contribution is -2.41. The van der Waals surface area contributed by atoms with Crippen molar-refractivity contribution in [3.05, 3.63) is 221 Å². The summed E-state index contributed by atoms with van der Waals surface area (Å²) >= 11 is 0. The van der Waals surface area contributed by atoms with E-state index in [0.717, 1.165) is 40.6 Å². The summed E-state index contributed by atoms with van der Waals surface area (Å²) in [6.07, 6.45) is 3.34. The zero-order chi connectivity index (χ0) is 38.1. The van der Waals surface area contributed by atoms with Crippen LogP contribution in [-0.4, -0.2) is 6.04 Å². The van der Waals surface area contributed by atoms with Crippen LogP contribution in [0.1, 0.15) is 66.5 Å². The lowest BCUT2D eigenvalue weighted by molar-refractivity contribution is 0.418. The van der Waals surface area contributed by atoms with E-state index >= 15 is 0 Å². The molecule has 0 saturated heterocycles. The molecule has 9 rings (SSSR count). The minimum absolute atomic E-state index is 0.178. The third-order valence-corrected chi connectivity index (χ3v) is 12.1. The molecule has 56 heavy (non-hydrogen) atoms. The van der Waals surface area contributed by atoms with E-state index < -0.39 is 0 Å². The lowest BCUT2D eigenvalue weighted by atomic mass is 9.67. The fraction of sp³-hybridized carbons (Fsp3) is 0.154. The summed E-state index contributed by atoms with van der Waals surface area (Å²) in [6.45, 7) is 7.11. The molecule has 2 aliphatic heterocycles. The average Bonchev–Trinajstić information content (AvgIpc) is 3.25. The van der Waals surface area contributed by atoms with Crippen LogP contribution in [-0.2, 0) is 10.8 Å². The van der Waals surface area contributed by atoms with Crippen LogP contribution in [0.5, 0.6) is 0 Å². The minimum Gasteiger partial charge on any atom is -0.381 e. The monoisotopic (exact) mass is 728 g/mol. The number of anilines is 6. The maximum absolute atomic E-state index is 3.99. The molecule has 2 heterocycles. The zero-order valence-electron chi connectivity index (χ0n) is 32.3. The van der Waals surface area contributed by atoms with Crippen molar-refractivity contribution in [1.82, 2.24) is 0 Å². The Morgan fingerprint density at radius 3 is 1.79 bits per heavy atom. The van der Waals surface area contributed by atoms with Crippen LogP contribution >= 0.6 is 0 Å². The first-order chi connectivity index (χ1) is 27.4. The Labute approximate surface area is 331 Å². The van der Waals surface area contributed by atoms with Crippen LogP contribution in [0.25, 0.3) is 5.70 Å². The highest BCUT2D eigenvalue weighted by Gasteiger charge is 2.40. The first-order valence-corrected chi connectivity index (χ1v) is 19.8. The molecule has 0 aliphatic carbocycles. The molecule has 276 valence electrons. The molecule has 4 nitrogen and oxygen atoms in total. The van der Waals surface area contributed by atoms with E-state index in [4.69, 9.17) is 0 Å². The van der Waals surface area contributed by atoms with Crippen LogP contribution in [0.3, 0.4) is 0 Å². The number of para-hydroxylation sites is 1. The van der Waals surface area contributed by atoms with Crippen LogP contribution in [0, 0.1) is 0 Å². The molecule has 0 saturated carbocycles. The summed E-state index contributed by atoms with van der Waals surface area (Å²) in [7, 11) is 0. The SMILES string of the molecule is CC(c1cccc(Nc2ccc3c(c2)C(C)(c2ccccc2)C=C(c2ccccc2)N3)c1)C1CC(C)(c2ccccc2)c2cc(Nc3ccccc3)ccc2N1. The second-order valence-corrected chi connectivity index (χ2v) is 15.8. The molecule has 7 aromatic rings. The van der Waals surface area contributed by atoms with E-state index in [-0.39, 0.29) is 22.8 Å². The van der Waals surface area contributed by atoms with Gasteiger partial charge in [0.2, 0.25) is 0 Å². The molecule has 7 aromatic carbocycles. The molecule has 4 heteroatoms. The van der Waals surface area contributed by atoms with Gasteiger partial charge >= 0.3 is 0 Å². The molecule has 4 N–H and O–H groups in total. The van der Waals surface area contributed by atoms with Gasteiger partial charge in [0.15, 0.2) is 0 Å². The summed E-state index contributed by atoms with van der Waals surface area (Å²) in [6, 6.07) is 65.6. The molecule has 0 fully saturated rings. The molecular formula is C52H48N4. The van der Waals surface area contributed by atoms with E-state index in [1.54, 1.807) is 0 Å². The normalized spacial score (nSPS) is 20.3. The Bertz CT molecular complexity index is 2500. The number of allylic oxidation sites excluding steroid dienone is 1.